The van der Waals surface area contributed by atoms with Crippen molar-refractivity contribution < 1.29 is 9.53 Å². The second-order valence-electron chi connectivity index (χ2n) is 7.00. The smallest absolute Gasteiger partial charge is 0.253 e. The molecule has 136 valence electrons. The van der Waals surface area contributed by atoms with Crippen molar-refractivity contribution in [1.82, 2.24) is 19.9 Å². The summed E-state index contributed by atoms with van der Waals surface area (Å²) in [5.41, 5.74) is 3.07. The molecule has 2 aromatic heterocycles. The Morgan fingerprint density at radius 1 is 1.32 bits per heavy atom. The van der Waals surface area contributed by atoms with E-state index in [9.17, 15) is 4.79 Å². The molecule has 1 aliphatic heterocycles. The summed E-state index contributed by atoms with van der Waals surface area (Å²) in [6.45, 7) is 8.15. The van der Waals surface area contributed by atoms with Gasteiger partial charge < -0.3 is 14.6 Å². The van der Waals surface area contributed by atoms with Gasteiger partial charge in [0.2, 0.25) is 0 Å². The SMILES string of the molecule is Cc1cc(C(=O)NCCCOC(C)C)c2nc3n(c2n1)CCCCC3. The van der Waals surface area contributed by atoms with Crippen LogP contribution in [0.3, 0.4) is 0 Å². The predicted octanol–water partition coefficient (Wildman–Crippen LogP) is 3.01. The topological polar surface area (TPSA) is 69.0 Å². The van der Waals surface area contributed by atoms with E-state index in [0.29, 0.717) is 18.7 Å². The van der Waals surface area contributed by atoms with Crippen molar-refractivity contribution in [3.8, 4) is 0 Å². The number of fused-ring (bicyclic) bond motifs is 3. The third kappa shape index (κ3) is 4.18. The molecule has 2 aromatic rings. The fourth-order valence-electron chi connectivity index (χ4n) is 3.28. The standard InChI is InChI=1S/C19H28N4O2/c1-13(2)25-11-7-9-20-19(24)15-12-14(3)21-18-17(15)22-16-8-5-4-6-10-23(16)18/h12-13H,4-11H2,1-3H3,(H,20,24). The molecule has 0 unspecified atom stereocenters. The van der Waals surface area contributed by atoms with E-state index in [4.69, 9.17) is 9.72 Å². The second-order valence-corrected chi connectivity index (χ2v) is 7.00. The molecular weight excluding hydrogens is 316 g/mol. The molecule has 6 nitrogen and oxygen atoms in total. The lowest BCUT2D eigenvalue weighted by atomic mass is 10.2. The summed E-state index contributed by atoms with van der Waals surface area (Å²) in [6.07, 6.45) is 5.51. The Morgan fingerprint density at radius 2 is 2.16 bits per heavy atom. The number of nitrogens with one attached hydrogen (secondary N) is 1. The number of carbonyl (C=O) groups excluding carboxylic acids is 1. The van der Waals surface area contributed by atoms with Crippen molar-refractivity contribution in [2.75, 3.05) is 13.2 Å². The lowest BCUT2D eigenvalue weighted by Crippen LogP contribution is -2.26. The van der Waals surface area contributed by atoms with E-state index >= 15 is 0 Å². The minimum absolute atomic E-state index is 0.0756. The maximum Gasteiger partial charge on any atom is 0.253 e. The van der Waals surface area contributed by atoms with Gasteiger partial charge in [0.05, 0.1) is 11.7 Å². The van der Waals surface area contributed by atoms with Crippen LogP contribution in [0.15, 0.2) is 6.07 Å². The third-order valence-corrected chi connectivity index (χ3v) is 4.50. The first-order chi connectivity index (χ1) is 12.1. The summed E-state index contributed by atoms with van der Waals surface area (Å²) in [6, 6.07) is 1.84. The van der Waals surface area contributed by atoms with E-state index in [0.717, 1.165) is 54.9 Å². The molecule has 1 N–H and O–H groups in total. The number of nitrogens with zero attached hydrogens (tertiary/aromatic N) is 3. The largest absolute Gasteiger partial charge is 0.379 e. The second kappa shape index (κ2) is 7.95. The monoisotopic (exact) mass is 344 g/mol. The van der Waals surface area contributed by atoms with Crippen LogP contribution in [-0.2, 0) is 17.7 Å². The summed E-state index contributed by atoms with van der Waals surface area (Å²) >= 11 is 0. The molecule has 0 bridgehead atoms. The first kappa shape index (κ1) is 17.9. The van der Waals surface area contributed by atoms with Crippen molar-refractivity contribution in [1.29, 1.82) is 0 Å². The minimum Gasteiger partial charge on any atom is -0.379 e. The normalized spacial score (nSPS) is 14.6. The summed E-state index contributed by atoms with van der Waals surface area (Å²) < 4.78 is 7.71. The third-order valence-electron chi connectivity index (χ3n) is 4.50. The van der Waals surface area contributed by atoms with Gasteiger partial charge in [-0.3, -0.25) is 4.79 Å². The van der Waals surface area contributed by atoms with Gasteiger partial charge >= 0.3 is 0 Å². The van der Waals surface area contributed by atoms with E-state index in [2.05, 4.69) is 14.9 Å². The predicted molar refractivity (Wildman–Crippen MR) is 97.9 cm³/mol. The number of hydrogen-bond acceptors (Lipinski definition) is 4. The molecule has 0 saturated heterocycles. The fourth-order valence-corrected chi connectivity index (χ4v) is 3.28. The zero-order valence-corrected chi connectivity index (χ0v) is 15.5. The van der Waals surface area contributed by atoms with E-state index in [1.54, 1.807) is 0 Å². The van der Waals surface area contributed by atoms with Gasteiger partial charge in [0.25, 0.3) is 5.91 Å². The number of aromatic nitrogens is 3. The number of rotatable bonds is 6. The van der Waals surface area contributed by atoms with Gasteiger partial charge in [0, 0.05) is 31.8 Å². The zero-order chi connectivity index (χ0) is 17.8. The molecule has 1 amide bonds. The van der Waals surface area contributed by atoms with Gasteiger partial charge in [-0.25, -0.2) is 9.97 Å². The average Bonchev–Trinajstić information content (AvgIpc) is 2.76. The van der Waals surface area contributed by atoms with E-state index in [1.165, 1.54) is 6.42 Å². The van der Waals surface area contributed by atoms with Crippen LogP contribution >= 0.6 is 0 Å². The molecule has 3 rings (SSSR count). The van der Waals surface area contributed by atoms with E-state index in [1.807, 2.05) is 26.8 Å². The number of aryl methyl sites for hydroxylation is 3. The van der Waals surface area contributed by atoms with Crippen molar-refractivity contribution >= 4 is 17.1 Å². The number of ether oxygens (including phenoxy) is 1. The van der Waals surface area contributed by atoms with Gasteiger partial charge in [-0.1, -0.05) is 6.42 Å². The molecule has 25 heavy (non-hydrogen) atoms. The molecule has 0 spiro atoms. The number of imidazole rings is 1. The molecule has 0 saturated carbocycles. The molecule has 0 aromatic carbocycles. The summed E-state index contributed by atoms with van der Waals surface area (Å²) in [7, 11) is 0. The lowest BCUT2D eigenvalue weighted by molar-refractivity contribution is 0.0757. The zero-order valence-electron chi connectivity index (χ0n) is 15.5. The number of pyridine rings is 1. The molecule has 6 heteroatoms. The highest BCUT2D eigenvalue weighted by Gasteiger charge is 2.20. The molecule has 0 atom stereocenters. The van der Waals surface area contributed by atoms with Crippen molar-refractivity contribution in [2.45, 2.75) is 65.5 Å². The Kier molecular flexibility index (Phi) is 5.68. The molecule has 3 heterocycles. The molecule has 0 aliphatic carbocycles. The first-order valence-electron chi connectivity index (χ1n) is 9.33. The molecular formula is C19H28N4O2. The van der Waals surface area contributed by atoms with E-state index < -0.39 is 0 Å². The van der Waals surface area contributed by atoms with Crippen LogP contribution in [0.25, 0.3) is 11.2 Å². The van der Waals surface area contributed by atoms with Crippen molar-refractivity contribution in [2.24, 2.45) is 0 Å². The van der Waals surface area contributed by atoms with Crippen LogP contribution in [-0.4, -0.2) is 39.7 Å². The van der Waals surface area contributed by atoms with Gasteiger partial charge in [-0.05, 0) is 46.1 Å². The summed E-state index contributed by atoms with van der Waals surface area (Å²) in [5.74, 6) is 0.985. The van der Waals surface area contributed by atoms with Gasteiger partial charge in [-0.2, -0.15) is 0 Å². The Labute approximate surface area is 149 Å². The van der Waals surface area contributed by atoms with Crippen LogP contribution in [0.5, 0.6) is 0 Å². The Bertz CT molecular complexity index is 751. The lowest BCUT2D eigenvalue weighted by Gasteiger charge is -2.09. The van der Waals surface area contributed by atoms with Gasteiger partial charge in [0.15, 0.2) is 5.65 Å². The van der Waals surface area contributed by atoms with Crippen LogP contribution in [0.4, 0.5) is 0 Å². The fraction of sp³-hybridized carbons (Fsp3) is 0.632. The Hall–Kier alpha value is -1.95. The van der Waals surface area contributed by atoms with Crippen LogP contribution in [0, 0.1) is 6.92 Å². The van der Waals surface area contributed by atoms with E-state index in [-0.39, 0.29) is 12.0 Å². The maximum atomic E-state index is 12.7. The number of amides is 1. The van der Waals surface area contributed by atoms with Crippen LogP contribution < -0.4 is 5.32 Å². The number of carbonyl (C=O) groups is 1. The first-order valence-corrected chi connectivity index (χ1v) is 9.33. The highest BCUT2D eigenvalue weighted by molar-refractivity contribution is 6.04. The Balaban J connectivity index is 1.77. The average molecular weight is 344 g/mol. The van der Waals surface area contributed by atoms with Crippen LogP contribution in [0.2, 0.25) is 0 Å². The summed E-state index contributed by atoms with van der Waals surface area (Å²) in [4.78, 5) is 22.1. The minimum atomic E-state index is -0.0756. The number of hydrogen-bond donors (Lipinski definition) is 1. The molecule has 1 aliphatic rings. The summed E-state index contributed by atoms with van der Waals surface area (Å²) in [5, 5.41) is 2.99. The quantitative estimate of drug-likeness (QED) is 0.818. The van der Waals surface area contributed by atoms with Gasteiger partial charge in [0.1, 0.15) is 11.3 Å². The molecule has 0 fully saturated rings. The van der Waals surface area contributed by atoms with Crippen molar-refractivity contribution in [3.63, 3.8) is 0 Å². The highest BCUT2D eigenvalue weighted by atomic mass is 16.5. The van der Waals surface area contributed by atoms with Gasteiger partial charge in [-0.15, -0.1) is 0 Å². The molecule has 0 radical (unpaired) electrons. The Morgan fingerprint density at radius 3 is 2.96 bits per heavy atom. The maximum absolute atomic E-state index is 12.7. The van der Waals surface area contributed by atoms with Crippen molar-refractivity contribution in [3.05, 3.63) is 23.1 Å². The highest BCUT2D eigenvalue weighted by Crippen LogP contribution is 2.23. The van der Waals surface area contributed by atoms with Crippen LogP contribution in [0.1, 0.15) is 61.4 Å².